The molecule has 1 aliphatic rings. The molecule has 0 bridgehead atoms. The minimum atomic E-state index is -0.195. The third-order valence-corrected chi connectivity index (χ3v) is 5.07. The quantitative estimate of drug-likeness (QED) is 0.920. The molecule has 2 nitrogen and oxygen atoms in total. The van der Waals surface area contributed by atoms with Gasteiger partial charge >= 0.3 is 0 Å². The SMILES string of the molecule is Fc1ccc(C(c2ccc(Cl)s2)N2CCCNCC2)cc1. The van der Waals surface area contributed by atoms with Crippen molar-refractivity contribution in [2.24, 2.45) is 0 Å². The highest BCUT2D eigenvalue weighted by molar-refractivity contribution is 7.16. The first-order chi connectivity index (χ1) is 10.2. The standard InChI is InChI=1S/C16H18ClFN2S/c17-15-7-6-14(21-15)16(12-2-4-13(18)5-3-12)20-10-1-8-19-9-11-20/h2-7,16,19H,1,8-11H2. The molecule has 2 aromatic rings. The monoisotopic (exact) mass is 324 g/mol. The smallest absolute Gasteiger partial charge is 0.123 e. The fraction of sp³-hybridized carbons (Fsp3) is 0.375. The van der Waals surface area contributed by atoms with Gasteiger partial charge in [0.25, 0.3) is 0 Å². The third kappa shape index (κ3) is 3.64. The van der Waals surface area contributed by atoms with Crippen molar-refractivity contribution in [2.75, 3.05) is 26.2 Å². The molecule has 21 heavy (non-hydrogen) atoms. The Labute approximate surface area is 133 Å². The number of hydrogen-bond donors (Lipinski definition) is 1. The van der Waals surface area contributed by atoms with Crippen LogP contribution in [0.25, 0.3) is 0 Å². The second-order valence-electron chi connectivity index (χ2n) is 5.24. The third-order valence-electron chi connectivity index (χ3n) is 3.79. The van der Waals surface area contributed by atoms with Crippen LogP contribution in [0.1, 0.15) is 22.9 Å². The number of nitrogens with one attached hydrogen (secondary N) is 1. The predicted octanol–water partition coefficient (Wildman–Crippen LogP) is 3.93. The van der Waals surface area contributed by atoms with Crippen LogP contribution in [0, 0.1) is 5.82 Å². The maximum absolute atomic E-state index is 13.2. The highest BCUT2D eigenvalue weighted by Gasteiger charge is 2.24. The van der Waals surface area contributed by atoms with Gasteiger partial charge in [0.2, 0.25) is 0 Å². The van der Waals surface area contributed by atoms with Crippen LogP contribution in [-0.2, 0) is 0 Å². The first-order valence-electron chi connectivity index (χ1n) is 7.19. The van der Waals surface area contributed by atoms with Crippen molar-refractivity contribution in [3.63, 3.8) is 0 Å². The molecule has 1 aliphatic heterocycles. The van der Waals surface area contributed by atoms with Gasteiger partial charge in [-0.15, -0.1) is 11.3 Å². The van der Waals surface area contributed by atoms with Crippen LogP contribution < -0.4 is 5.32 Å². The van der Waals surface area contributed by atoms with E-state index in [4.69, 9.17) is 11.6 Å². The lowest BCUT2D eigenvalue weighted by Crippen LogP contribution is -2.32. The van der Waals surface area contributed by atoms with E-state index in [1.165, 1.54) is 17.0 Å². The van der Waals surface area contributed by atoms with E-state index in [-0.39, 0.29) is 11.9 Å². The molecule has 5 heteroatoms. The molecule has 1 atom stereocenters. The van der Waals surface area contributed by atoms with E-state index in [0.717, 1.165) is 42.5 Å². The van der Waals surface area contributed by atoms with Crippen molar-refractivity contribution >= 4 is 22.9 Å². The summed E-state index contributed by atoms with van der Waals surface area (Å²) in [6.45, 7) is 4.05. The summed E-state index contributed by atoms with van der Waals surface area (Å²) >= 11 is 7.72. The number of benzene rings is 1. The molecule has 1 aromatic heterocycles. The molecule has 1 fully saturated rings. The van der Waals surface area contributed by atoms with Crippen LogP contribution in [0.3, 0.4) is 0 Å². The van der Waals surface area contributed by atoms with Gasteiger partial charge in [0, 0.05) is 24.5 Å². The van der Waals surface area contributed by atoms with Gasteiger partial charge in [0.15, 0.2) is 0 Å². The highest BCUT2D eigenvalue weighted by Crippen LogP contribution is 2.35. The first-order valence-corrected chi connectivity index (χ1v) is 8.39. The molecule has 1 aromatic carbocycles. The lowest BCUT2D eigenvalue weighted by atomic mass is 10.0. The zero-order valence-electron chi connectivity index (χ0n) is 11.7. The molecule has 3 rings (SSSR count). The molecule has 0 aliphatic carbocycles. The molecule has 1 N–H and O–H groups in total. The molecule has 0 amide bonds. The number of thiophene rings is 1. The molecule has 2 heterocycles. The van der Waals surface area contributed by atoms with Crippen LogP contribution in [-0.4, -0.2) is 31.1 Å². The summed E-state index contributed by atoms with van der Waals surface area (Å²) in [5.41, 5.74) is 1.12. The van der Waals surface area contributed by atoms with E-state index in [1.54, 1.807) is 11.3 Å². The van der Waals surface area contributed by atoms with Gasteiger partial charge in [-0.05, 0) is 42.8 Å². The fourth-order valence-corrected chi connectivity index (χ4v) is 4.02. The van der Waals surface area contributed by atoms with Crippen LogP contribution in [0.15, 0.2) is 36.4 Å². The van der Waals surface area contributed by atoms with E-state index < -0.39 is 0 Å². The molecule has 0 spiro atoms. The van der Waals surface area contributed by atoms with Crippen molar-refractivity contribution in [3.05, 3.63) is 57.0 Å². The van der Waals surface area contributed by atoms with Gasteiger partial charge in [-0.25, -0.2) is 4.39 Å². The topological polar surface area (TPSA) is 15.3 Å². The Balaban J connectivity index is 1.95. The summed E-state index contributed by atoms with van der Waals surface area (Å²) in [4.78, 5) is 3.67. The first kappa shape index (κ1) is 15.0. The summed E-state index contributed by atoms with van der Waals surface area (Å²) < 4.78 is 14.0. The van der Waals surface area contributed by atoms with Crippen LogP contribution in [0.5, 0.6) is 0 Å². The van der Waals surface area contributed by atoms with Gasteiger partial charge in [0.1, 0.15) is 5.82 Å². The molecular weight excluding hydrogens is 307 g/mol. The van der Waals surface area contributed by atoms with Gasteiger partial charge < -0.3 is 5.32 Å². The Hall–Kier alpha value is -0.940. The Morgan fingerprint density at radius 3 is 2.62 bits per heavy atom. The van der Waals surface area contributed by atoms with Gasteiger partial charge in [-0.2, -0.15) is 0 Å². The summed E-state index contributed by atoms with van der Waals surface area (Å²) in [7, 11) is 0. The van der Waals surface area contributed by atoms with Crippen LogP contribution in [0.2, 0.25) is 4.34 Å². The average Bonchev–Trinajstić information content (AvgIpc) is 2.74. The van der Waals surface area contributed by atoms with Crippen molar-refractivity contribution in [2.45, 2.75) is 12.5 Å². The Morgan fingerprint density at radius 1 is 1.10 bits per heavy atom. The highest BCUT2D eigenvalue weighted by atomic mass is 35.5. The van der Waals surface area contributed by atoms with E-state index >= 15 is 0 Å². The number of nitrogens with zero attached hydrogens (tertiary/aromatic N) is 1. The molecule has 112 valence electrons. The fourth-order valence-electron chi connectivity index (χ4n) is 2.80. The van der Waals surface area contributed by atoms with E-state index in [9.17, 15) is 4.39 Å². The maximum Gasteiger partial charge on any atom is 0.123 e. The lowest BCUT2D eigenvalue weighted by molar-refractivity contribution is 0.244. The predicted molar refractivity (Wildman–Crippen MR) is 86.6 cm³/mol. The van der Waals surface area contributed by atoms with Crippen molar-refractivity contribution < 1.29 is 4.39 Å². The number of rotatable bonds is 3. The van der Waals surface area contributed by atoms with Crippen molar-refractivity contribution in [3.8, 4) is 0 Å². The average molecular weight is 325 g/mol. The van der Waals surface area contributed by atoms with Crippen molar-refractivity contribution in [1.82, 2.24) is 10.2 Å². The molecule has 0 saturated carbocycles. The molecule has 1 saturated heterocycles. The number of halogens is 2. The normalized spacial score (nSPS) is 18.4. The van der Waals surface area contributed by atoms with Gasteiger partial charge in [0.05, 0.1) is 10.4 Å². The zero-order chi connectivity index (χ0) is 14.7. The minimum absolute atomic E-state index is 0.156. The van der Waals surface area contributed by atoms with Crippen LogP contribution in [0.4, 0.5) is 4.39 Å². The summed E-state index contributed by atoms with van der Waals surface area (Å²) in [5, 5.41) is 3.43. The Bertz CT molecular complexity index is 576. The molecule has 1 unspecified atom stereocenters. The second kappa shape index (κ2) is 6.88. The van der Waals surface area contributed by atoms with Gasteiger partial charge in [-0.3, -0.25) is 4.90 Å². The lowest BCUT2D eigenvalue weighted by Gasteiger charge is -2.30. The summed E-state index contributed by atoms with van der Waals surface area (Å²) in [6.07, 6.45) is 1.12. The van der Waals surface area contributed by atoms with Gasteiger partial charge in [-0.1, -0.05) is 23.7 Å². The van der Waals surface area contributed by atoms with E-state index in [2.05, 4.69) is 16.3 Å². The number of hydrogen-bond acceptors (Lipinski definition) is 3. The van der Waals surface area contributed by atoms with Crippen molar-refractivity contribution in [1.29, 1.82) is 0 Å². The van der Waals surface area contributed by atoms with E-state index in [0.29, 0.717) is 0 Å². The minimum Gasteiger partial charge on any atom is -0.315 e. The molecular formula is C16H18ClFN2S. The molecule has 0 radical (unpaired) electrons. The summed E-state index contributed by atoms with van der Waals surface area (Å²) in [6, 6.07) is 11.0. The zero-order valence-corrected chi connectivity index (χ0v) is 13.3. The largest absolute Gasteiger partial charge is 0.315 e. The van der Waals surface area contributed by atoms with E-state index in [1.807, 2.05) is 18.2 Å². The second-order valence-corrected chi connectivity index (χ2v) is 6.98. The Kier molecular flexibility index (Phi) is 4.91. The maximum atomic E-state index is 13.2. The van der Waals surface area contributed by atoms with Crippen LogP contribution >= 0.6 is 22.9 Å². The summed E-state index contributed by atoms with van der Waals surface area (Å²) in [5.74, 6) is -0.195. The Morgan fingerprint density at radius 2 is 1.90 bits per heavy atom.